The van der Waals surface area contributed by atoms with E-state index >= 15 is 0 Å². The van der Waals surface area contributed by atoms with Crippen LogP contribution in [0.1, 0.15) is 6.42 Å². The number of anilines is 2. The van der Waals surface area contributed by atoms with Crippen molar-refractivity contribution in [1.29, 1.82) is 0 Å². The third-order valence-electron chi connectivity index (χ3n) is 2.66. The predicted molar refractivity (Wildman–Crippen MR) is 64.7 cm³/mol. The van der Waals surface area contributed by atoms with E-state index < -0.39 is 0 Å². The Morgan fingerprint density at radius 3 is 3.13 bits per heavy atom. The molecule has 1 heterocycles. The van der Waals surface area contributed by atoms with E-state index in [1.807, 2.05) is 17.8 Å². The molecule has 0 aliphatic carbocycles. The Labute approximate surface area is 93.4 Å². The molecule has 2 nitrogen and oxygen atoms in total. The zero-order chi connectivity index (χ0) is 10.7. The molecule has 1 aliphatic heterocycles. The Morgan fingerprint density at radius 2 is 2.40 bits per heavy atom. The number of hydrogen-bond acceptors (Lipinski definition) is 3. The molecule has 1 fully saturated rings. The summed E-state index contributed by atoms with van der Waals surface area (Å²) < 4.78 is 13.1. The minimum atomic E-state index is -0.346. The quantitative estimate of drug-likeness (QED) is 0.778. The molecular weight excluding hydrogens is 211 g/mol. The van der Waals surface area contributed by atoms with Crippen LogP contribution in [0.25, 0.3) is 0 Å². The second-order valence-corrected chi connectivity index (χ2v) is 4.96. The smallest absolute Gasteiger partial charge is 0.148 e. The molecule has 3 N–H and O–H groups in total. The van der Waals surface area contributed by atoms with Crippen molar-refractivity contribution in [3.05, 3.63) is 24.0 Å². The van der Waals surface area contributed by atoms with Crippen LogP contribution in [0.3, 0.4) is 0 Å². The standard InChI is InChI=1S/C11H15FN2S/c12-9-2-1-3-10(11(9)13)14-6-8-4-5-15-7-8/h1-3,8,14H,4-7,13H2. The van der Waals surface area contributed by atoms with Crippen LogP contribution in [-0.4, -0.2) is 18.1 Å². The van der Waals surface area contributed by atoms with E-state index in [2.05, 4.69) is 5.32 Å². The molecule has 0 bridgehead atoms. The van der Waals surface area contributed by atoms with Gasteiger partial charge in [0.1, 0.15) is 5.82 Å². The number of benzene rings is 1. The van der Waals surface area contributed by atoms with E-state index in [9.17, 15) is 4.39 Å². The summed E-state index contributed by atoms with van der Waals surface area (Å²) in [6, 6.07) is 4.88. The van der Waals surface area contributed by atoms with Gasteiger partial charge in [0.15, 0.2) is 0 Å². The van der Waals surface area contributed by atoms with Crippen LogP contribution in [0.5, 0.6) is 0 Å². The topological polar surface area (TPSA) is 38.0 Å². The molecule has 0 spiro atoms. The highest BCUT2D eigenvalue weighted by Crippen LogP contribution is 2.26. The van der Waals surface area contributed by atoms with E-state index in [1.54, 1.807) is 6.07 Å². The predicted octanol–water partition coefficient (Wildman–Crippen LogP) is 2.57. The van der Waals surface area contributed by atoms with Gasteiger partial charge >= 0.3 is 0 Å². The van der Waals surface area contributed by atoms with Crippen LogP contribution in [0, 0.1) is 11.7 Å². The molecule has 0 aromatic heterocycles. The van der Waals surface area contributed by atoms with Gasteiger partial charge in [-0.2, -0.15) is 11.8 Å². The highest BCUT2D eigenvalue weighted by Gasteiger charge is 2.15. The fraction of sp³-hybridized carbons (Fsp3) is 0.455. The normalized spacial score (nSPS) is 20.5. The van der Waals surface area contributed by atoms with Crippen LogP contribution >= 0.6 is 11.8 Å². The van der Waals surface area contributed by atoms with E-state index in [4.69, 9.17) is 5.73 Å². The number of halogens is 1. The molecule has 0 radical (unpaired) electrons. The summed E-state index contributed by atoms with van der Waals surface area (Å²) in [6.07, 6.45) is 1.24. The van der Waals surface area contributed by atoms with Crippen molar-refractivity contribution < 1.29 is 4.39 Å². The maximum Gasteiger partial charge on any atom is 0.148 e. The average Bonchev–Trinajstić information content (AvgIpc) is 2.73. The van der Waals surface area contributed by atoms with Crippen LogP contribution in [0.15, 0.2) is 18.2 Å². The van der Waals surface area contributed by atoms with Gasteiger partial charge < -0.3 is 11.1 Å². The van der Waals surface area contributed by atoms with E-state index in [0.717, 1.165) is 6.54 Å². The minimum absolute atomic E-state index is 0.225. The monoisotopic (exact) mass is 226 g/mol. The summed E-state index contributed by atoms with van der Waals surface area (Å²) in [5, 5.41) is 3.22. The third kappa shape index (κ3) is 2.56. The Hall–Kier alpha value is -0.900. The van der Waals surface area contributed by atoms with Crippen LogP contribution in [0.4, 0.5) is 15.8 Å². The molecule has 1 saturated heterocycles. The van der Waals surface area contributed by atoms with Crippen molar-refractivity contribution in [2.45, 2.75) is 6.42 Å². The van der Waals surface area contributed by atoms with Crippen molar-refractivity contribution >= 4 is 23.1 Å². The number of para-hydroxylation sites is 1. The average molecular weight is 226 g/mol. The third-order valence-corrected chi connectivity index (χ3v) is 3.89. The summed E-state index contributed by atoms with van der Waals surface area (Å²) >= 11 is 1.98. The minimum Gasteiger partial charge on any atom is -0.395 e. The van der Waals surface area contributed by atoms with E-state index in [0.29, 0.717) is 11.6 Å². The Balaban J connectivity index is 1.95. The lowest BCUT2D eigenvalue weighted by atomic mass is 10.1. The van der Waals surface area contributed by atoms with Gasteiger partial charge in [0, 0.05) is 6.54 Å². The fourth-order valence-electron chi connectivity index (χ4n) is 1.69. The van der Waals surface area contributed by atoms with Gasteiger partial charge in [-0.1, -0.05) is 6.07 Å². The zero-order valence-electron chi connectivity index (χ0n) is 8.50. The molecule has 82 valence electrons. The van der Waals surface area contributed by atoms with Gasteiger partial charge in [0.05, 0.1) is 11.4 Å². The largest absolute Gasteiger partial charge is 0.395 e. The first-order valence-electron chi connectivity index (χ1n) is 5.13. The van der Waals surface area contributed by atoms with E-state index in [-0.39, 0.29) is 11.5 Å². The lowest BCUT2D eigenvalue weighted by Gasteiger charge is -2.13. The fourth-order valence-corrected chi connectivity index (χ4v) is 2.97. The van der Waals surface area contributed by atoms with E-state index in [1.165, 1.54) is 24.0 Å². The molecule has 4 heteroatoms. The summed E-state index contributed by atoms with van der Waals surface area (Å²) in [7, 11) is 0. The molecule has 0 amide bonds. The van der Waals surface area contributed by atoms with Gasteiger partial charge in [-0.05, 0) is 36.0 Å². The molecule has 0 saturated carbocycles. The molecule has 1 unspecified atom stereocenters. The zero-order valence-corrected chi connectivity index (χ0v) is 9.32. The highest BCUT2D eigenvalue weighted by atomic mass is 32.2. The van der Waals surface area contributed by atoms with Gasteiger partial charge in [-0.25, -0.2) is 4.39 Å². The van der Waals surface area contributed by atoms with Crippen molar-refractivity contribution in [2.75, 3.05) is 29.1 Å². The van der Waals surface area contributed by atoms with Crippen LogP contribution in [0.2, 0.25) is 0 Å². The number of nitrogen functional groups attached to an aromatic ring is 1. The van der Waals surface area contributed by atoms with Gasteiger partial charge in [-0.3, -0.25) is 0 Å². The molecule has 2 rings (SSSR count). The van der Waals surface area contributed by atoms with Crippen LogP contribution < -0.4 is 11.1 Å². The molecular formula is C11H15FN2S. The number of thioether (sulfide) groups is 1. The lowest BCUT2D eigenvalue weighted by Crippen LogP contribution is -2.14. The molecule has 1 aliphatic rings. The first-order chi connectivity index (χ1) is 7.27. The number of rotatable bonds is 3. The van der Waals surface area contributed by atoms with Crippen molar-refractivity contribution in [1.82, 2.24) is 0 Å². The van der Waals surface area contributed by atoms with Gasteiger partial charge in [0.2, 0.25) is 0 Å². The molecule has 1 aromatic rings. The SMILES string of the molecule is Nc1c(F)cccc1NCC1CCSC1. The first-order valence-corrected chi connectivity index (χ1v) is 6.28. The second kappa shape index (κ2) is 4.75. The molecule has 1 atom stereocenters. The number of nitrogens with two attached hydrogens (primary N) is 1. The van der Waals surface area contributed by atoms with Gasteiger partial charge in [-0.15, -0.1) is 0 Å². The van der Waals surface area contributed by atoms with Crippen LogP contribution in [-0.2, 0) is 0 Å². The number of nitrogens with one attached hydrogen (secondary N) is 1. The highest BCUT2D eigenvalue weighted by molar-refractivity contribution is 7.99. The summed E-state index contributed by atoms with van der Waals surface area (Å²) in [5.41, 5.74) is 6.56. The summed E-state index contributed by atoms with van der Waals surface area (Å²) in [5.74, 6) is 2.78. The molecule has 1 aromatic carbocycles. The van der Waals surface area contributed by atoms with Gasteiger partial charge in [0.25, 0.3) is 0 Å². The Bertz CT molecular complexity index is 337. The van der Waals surface area contributed by atoms with Crippen molar-refractivity contribution in [3.63, 3.8) is 0 Å². The number of hydrogen-bond donors (Lipinski definition) is 2. The lowest BCUT2D eigenvalue weighted by molar-refractivity contribution is 0.625. The Kier molecular flexibility index (Phi) is 3.36. The first kappa shape index (κ1) is 10.6. The second-order valence-electron chi connectivity index (χ2n) is 3.81. The Morgan fingerprint density at radius 1 is 1.53 bits per heavy atom. The molecule has 15 heavy (non-hydrogen) atoms. The van der Waals surface area contributed by atoms with Crippen molar-refractivity contribution in [2.24, 2.45) is 5.92 Å². The maximum absolute atomic E-state index is 13.1. The summed E-state index contributed by atoms with van der Waals surface area (Å²) in [6.45, 7) is 0.890. The summed E-state index contributed by atoms with van der Waals surface area (Å²) in [4.78, 5) is 0. The van der Waals surface area contributed by atoms with Crippen molar-refractivity contribution in [3.8, 4) is 0 Å². The maximum atomic E-state index is 13.1.